The summed E-state index contributed by atoms with van der Waals surface area (Å²) >= 11 is 0. The van der Waals surface area contributed by atoms with E-state index in [0.29, 0.717) is 23.4 Å². The fraction of sp³-hybridized carbons (Fsp3) is 0.250. The van der Waals surface area contributed by atoms with Crippen LogP contribution in [0.2, 0.25) is 0 Å². The third kappa shape index (κ3) is 4.67. The maximum absolute atomic E-state index is 13.0. The van der Waals surface area contributed by atoms with Gasteiger partial charge in [-0.25, -0.2) is 0 Å². The van der Waals surface area contributed by atoms with Crippen molar-refractivity contribution < 1.29 is 14.3 Å². The first-order chi connectivity index (χ1) is 14.7. The van der Waals surface area contributed by atoms with E-state index >= 15 is 0 Å². The van der Waals surface area contributed by atoms with Gasteiger partial charge in [0.1, 0.15) is 0 Å². The van der Waals surface area contributed by atoms with Gasteiger partial charge in [0.15, 0.2) is 0 Å². The molecule has 1 saturated heterocycles. The Labute approximate surface area is 175 Å². The molecule has 2 N–H and O–H groups in total. The number of amides is 2. The van der Waals surface area contributed by atoms with E-state index in [2.05, 4.69) is 15.5 Å². The quantitative estimate of drug-likeness (QED) is 0.663. The standard InChI is InChI=1S/C24H25N3O3/c28-23(25-12-13-27-14-16-30-17-15-27)21-9-3-4-11-22(21)26-24(29)20-10-5-7-18-6-1-2-8-19(18)20/h1-11H,12-17H2,(H,25,28)(H,26,29). The van der Waals surface area contributed by atoms with Crippen LogP contribution in [0.1, 0.15) is 20.7 Å². The Kier molecular flexibility index (Phi) is 6.37. The first kappa shape index (κ1) is 20.1. The number of hydrogen-bond donors (Lipinski definition) is 2. The highest BCUT2D eigenvalue weighted by atomic mass is 16.5. The zero-order valence-corrected chi connectivity index (χ0v) is 16.8. The minimum atomic E-state index is -0.236. The minimum absolute atomic E-state index is 0.197. The fourth-order valence-corrected chi connectivity index (χ4v) is 3.65. The Morgan fingerprint density at radius 1 is 0.833 bits per heavy atom. The Morgan fingerprint density at radius 2 is 1.53 bits per heavy atom. The van der Waals surface area contributed by atoms with Gasteiger partial charge in [0.05, 0.1) is 24.5 Å². The van der Waals surface area contributed by atoms with Crippen LogP contribution in [0.25, 0.3) is 10.8 Å². The number of carbonyl (C=O) groups excluding carboxylic acids is 2. The number of carbonyl (C=O) groups is 2. The summed E-state index contributed by atoms with van der Waals surface area (Å²) in [5, 5.41) is 7.75. The second kappa shape index (κ2) is 9.52. The van der Waals surface area contributed by atoms with Gasteiger partial charge < -0.3 is 15.4 Å². The topological polar surface area (TPSA) is 70.7 Å². The molecule has 0 aromatic heterocycles. The van der Waals surface area contributed by atoms with E-state index in [1.165, 1.54) is 0 Å². The molecule has 154 valence electrons. The molecule has 0 atom stereocenters. The van der Waals surface area contributed by atoms with E-state index in [1.54, 1.807) is 24.3 Å². The van der Waals surface area contributed by atoms with Gasteiger partial charge in [0.25, 0.3) is 11.8 Å². The minimum Gasteiger partial charge on any atom is -0.379 e. The molecular weight excluding hydrogens is 378 g/mol. The van der Waals surface area contributed by atoms with Gasteiger partial charge in [-0.15, -0.1) is 0 Å². The molecule has 0 radical (unpaired) electrons. The smallest absolute Gasteiger partial charge is 0.256 e. The van der Waals surface area contributed by atoms with Crippen molar-refractivity contribution in [2.75, 3.05) is 44.7 Å². The Morgan fingerprint density at radius 3 is 2.40 bits per heavy atom. The van der Waals surface area contributed by atoms with Crippen molar-refractivity contribution in [1.29, 1.82) is 0 Å². The van der Waals surface area contributed by atoms with Crippen LogP contribution in [0, 0.1) is 0 Å². The van der Waals surface area contributed by atoms with E-state index in [9.17, 15) is 9.59 Å². The second-order valence-electron chi connectivity index (χ2n) is 7.24. The first-order valence-corrected chi connectivity index (χ1v) is 10.2. The highest BCUT2D eigenvalue weighted by molar-refractivity contribution is 6.14. The van der Waals surface area contributed by atoms with Gasteiger partial charge in [-0.2, -0.15) is 0 Å². The number of rotatable bonds is 6. The van der Waals surface area contributed by atoms with Gasteiger partial charge >= 0.3 is 0 Å². The molecule has 0 unspecified atom stereocenters. The summed E-state index contributed by atoms with van der Waals surface area (Å²) in [5.41, 5.74) is 1.53. The van der Waals surface area contributed by atoms with Crippen molar-refractivity contribution in [2.45, 2.75) is 0 Å². The highest BCUT2D eigenvalue weighted by Gasteiger charge is 2.16. The fourth-order valence-electron chi connectivity index (χ4n) is 3.65. The number of fused-ring (bicyclic) bond motifs is 1. The molecule has 3 aromatic carbocycles. The van der Waals surface area contributed by atoms with E-state index in [1.807, 2.05) is 42.5 Å². The number of morpholine rings is 1. The number of hydrogen-bond acceptors (Lipinski definition) is 4. The Hall–Kier alpha value is -3.22. The van der Waals surface area contributed by atoms with Gasteiger partial charge in [0, 0.05) is 31.7 Å². The summed E-state index contributed by atoms with van der Waals surface area (Å²) in [5.74, 6) is -0.433. The lowest BCUT2D eigenvalue weighted by molar-refractivity contribution is 0.0383. The maximum atomic E-state index is 13.0. The largest absolute Gasteiger partial charge is 0.379 e. The van der Waals surface area contributed by atoms with Crippen LogP contribution in [0.4, 0.5) is 5.69 Å². The van der Waals surface area contributed by atoms with Crippen molar-refractivity contribution in [3.63, 3.8) is 0 Å². The molecule has 0 aliphatic carbocycles. The van der Waals surface area contributed by atoms with Crippen molar-refractivity contribution in [3.05, 3.63) is 77.9 Å². The van der Waals surface area contributed by atoms with Crippen molar-refractivity contribution >= 4 is 28.3 Å². The number of benzene rings is 3. The average molecular weight is 403 g/mol. The molecule has 3 aromatic rings. The van der Waals surface area contributed by atoms with Gasteiger partial charge in [-0.3, -0.25) is 14.5 Å². The number of anilines is 1. The van der Waals surface area contributed by atoms with Crippen LogP contribution in [0.3, 0.4) is 0 Å². The van der Waals surface area contributed by atoms with E-state index < -0.39 is 0 Å². The van der Waals surface area contributed by atoms with Crippen LogP contribution in [0.15, 0.2) is 66.7 Å². The Balaban J connectivity index is 1.44. The number of ether oxygens (including phenoxy) is 1. The van der Waals surface area contributed by atoms with Crippen LogP contribution >= 0.6 is 0 Å². The van der Waals surface area contributed by atoms with Crippen LogP contribution in [-0.2, 0) is 4.74 Å². The summed E-state index contributed by atoms with van der Waals surface area (Å²) in [6.07, 6.45) is 0. The van der Waals surface area contributed by atoms with Crippen LogP contribution in [-0.4, -0.2) is 56.1 Å². The van der Waals surface area contributed by atoms with Gasteiger partial charge in [-0.1, -0.05) is 48.5 Å². The zero-order valence-electron chi connectivity index (χ0n) is 16.8. The summed E-state index contributed by atoms with van der Waals surface area (Å²) in [4.78, 5) is 28.0. The molecule has 2 amide bonds. The highest BCUT2D eigenvalue weighted by Crippen LogP contribution is 2.21. The summed E-state index contributed by atoms with van der Waals surface area (Å²) in [6.45, 7) is 4.55. The van der Waals surface area contributed by atoms with E-state index in [-0.39, 0.29) is 11.8 Å². The molecule has 0 bridgehead atoms. The number of nitrogens with zero attached hydrogens (tertiary/aromatic N) is 1. The van der Waals surface area contributed by atoms with Crippen molar-refractivity contribution in [3.8, 4) is 0 Å². The molecule has 30 heavy (non-hydrogen) atoms. The summed E-state index contributed by atoms with van der Waals surface area (Å²) < 4.78 is 5.34. The lowest BCUT2D eigenvalue weighted by atomic mass is 10.0. The Bertz CT molecular complexity index is 1040. The predicted octanol–water partition coefficient (Wildman–Crippen LogP) is 3.15. The monoisotopic (exact) mass is 403 g/mol. The maximum Gasteiger partial charge on any atom is 0.256 e. The average Bonchev–Trinajstić information content (AvgIpc) is 2.79. The zero-order chi connectivity index (χ0) is 20.8. The predicted molar refractivity (Wildman–Crippen MR) is 118 cm³/mol. The van der Waals surface area contributed by atoms with E-state index in [4.69, 9.17) is 4.74 Å². The first-order valence-electron chi connectivity index (χ1n) is 10.2. The molecule has 6 heteroatoms. The molecule has 0 spiro atoms. The van der Waals surface area contributed by atoms with Crippen molar-refractivity contribution in [2.24, 2.45) is 0 Å². The molecule has 4 rings (SSSR count). The lowest BCUT2D eigenvalue weighted by Gasteiger charge is -2.26. The second-order valence-corrected chi connectivity index (χ2v) is 7.24. The molecule has 1 heterocycles. The summed E-state index contributed by atoms with van der Waals surface area (Å²) in [7, 11) is 0. The van der Waals surface area contributed by atoms with Crippen molar-refractivity contribution in [1.82, 2.24) is 10.2 Å². The number of para-hydroxylation sites is 1. The molecular formula is C24H25N3O3. The molecule has 1 fully saturated rings. The molecule has 1 aliphatic rings. The van der Waals surface area contributed by atoms with E-state index in [0.717, 1.165) is 43.6 Å². The van der Waals surface area contributed by atoms with Gasteiger partial charge in [-0.05, 0) is 29.0 Å². The molecule has 1 aliphatic heterocycles. The lowest BCUT2D eigenvalue weighted by Crippen LogP contribution is -2.41. The third-order valence-electron chi connectivity index (χ3n) is 5.27. The SMILES string of the molecule is O=C(NCCN1CCOCC1)c1ccccc1NC(=O)c1cccc2ccccc12. The normalized spacial score (nSPS) is 14.4. The molecule has 6 nitrogen and oxygen atoms in total. The molecule has 0 saturated carbocycles. The van der Waals surface area contributed by atoms with Crippen LogP contribution < -0.4 is 10.6 Å². The third-order valence-corrected chi connectivity index (χ3v) is 5.27. The number of nitrogens with one attached hydrogen (secondary N) is 2. The summed E-state index contributed by atoms with van der Waals surface area (Å²) in [6, 6.07) is 20.5. The van der Waals surface area contributed by atoms with Gasteiger partial charge in [0.2, 0.25) is 0 Å². The van der Waals surface area contributed by atoms with Crippen LogP contribution in [0.5, 0.6) is 0 Å².